The van der Waals surface area contributed by atoms with Gasteiger partial charge < -0.3 is 0 Å². The second kappa shape index (κ2) is 23.8. The molecular weight excluding hydrogens is 427 g/mol. The Hall–Kier alpha value is 0.730. The van der Waals surface area contributed by atoms with Gasteiger partial charge in [0, 0.05) is 4.43 Å². The number of hydrogen-bond donors (Lipinski definition) is 0. The molecule has 0 spiro atoms. The second-order valence-electron chi connectivity index (χ2n) is 8.77. The lowest BCUT2D eigenvalue weighted by Crippen LogP contribution is -1.94. The van der Waals surface area contributed by atoms with E-state index in [9.17, 15) is 0 Å². The van der Waals surface area contributed by atoms with Crippen molar-refractivity contribution in [3.8, 4) is 0 Å². The van der Waals surface area contributed by atoms with E-state index in [1.54, 1.807) is 0 Å². The van der Waals surface area contributed by atoms with Gasteiger partial charge in [0.25, 0.3) is 0 Å². The summed E-state index contributed by atoms with van der Waals surface area (Å²) in [6, 6.07) is 0. The molecule has 0 nitrogen and oxygen atoms in total. The maximum absolute atomic E-state index is 2.52. The lowest BCUT2D eigenvalue weighted by atomic mass is 10.0. The van der Waals surface area contributed by atoms with Crippen LogP contribution >= 0.6 is 22.6 Å². The molecule has 26 heavy (non-hydrogen) atoms. The van der Waals surface area contributed by atoms with Gasteiger partial charge in [0.15, 0.2) is 0 Å². The first-order valence-corrected chi connectivity index (χ1v) is 13.9. The van der Waals surface area contributed by atoms with Crippen molar-refractivity contribution < 1.29 is 0 Å². The number of alkyl halides is 1. The lowest BCUT2D eigenvalue weighted by Gasteiger charge is -2.06. The third kappa shape index (κ3) is 22.8. The molecule has 0 amide bonds. The Morgan fingerprint density at radius 1 is 0.462 bits per heavy atom. The fourth-order valence-electron chi connectivity index (χ4n) is 3.83. The molecule has 0 unspecified atom stereocenters. The fourth-order valence-corrected chi connectivity index (χ4v) is 4.27. The predicted octanol–water partition coefficient (Wildman–Crippen LogP) is 10.3. The molecule has 0 heterocycles. The molecule has 0 bridgehead atoms. The van der Waals surface area contributed by atoms with Crippen LogP contribution in [0.3, 0.4) is 0 Å². The van der Waals surface area contributed by atoms with Gasteiger partial charge >= 0.3 is 0 Å². The summed E-state index contributed by atoms with van der Waals surface area (Å²) in [7, 11) is 0. The summed E-state index contributed by atoms with van der Waals surface area (Å²) < 4.78 is 1.33. The monoisotopic (exact) mass is 478 g/mol. The average Bonchev–Trinajstić information content (AvgIpc) is 2.66. The molecule has 0 aliphatic carbocycles. The molecular formula is C25H51I. The highest BCUT2D eigenvalue weighted by Gasteiger charge is 1.99. The van der Waals surface area contributed by atoms with Gasteiger partial charge in [-0.05, 0) is 12.3 Å². The SMILES string of the molecule is CCCCCCCCCCCCCCCCCCCCCC[C@@H](C)CI. The molecule has 0 aromatic heterocycles. The van der Waals surface area contributed by atoms with Gasteiger partial charge in [-0.1, -0.05) is 165 Å². The molecule has 0 radical (unpaired) electrons. The van der Waals surface area contributed by atoms with Gasteiger partial charge in [0.2, 0.25) is 0 Å². The van der Waals surface area contributed by atoms with Gasteiger partial charge in [0.05, 0.1) is 0 Å². The fraction of sp³-hybridized carbons (Fsp3) is 1.00. The van der Waals surface area contributed by atoms with E-state index in [1.165, 1.54) is 139 Å². The zero-order chi connectivity index (χ0) is 19.1. The van der Waals surface area contributed by atoms with E-state index in [4.69, 9.17) is 0 Å². The standard InChI is InChI=1S/C25H51I/c1-3-4-5-6-7-8-9-10-11-12-13-14-15-16-17-18-19-20-21-22-23-25(2)24-26/h25H,3-24H2,1-2H3/t25-/m1/s1. The van der Waals surface area contributed by atoms with Crippen LogP contribution in [0.4, 0.5) is 0 Å². The van der Waals surface area contributed by atoms with Crippen LogP contribution in [0, 0.1) is 5.92 Å². The summed E-state index contributed by atoms with van der Waals surface area (Å²) in [6.45, 7) is 4.69. The molecule has 1 atom stereocenters. The Labute approximate surface area is 181 Å². The summed E-state index contributed by atoms with van der Waals surface area (Å²) in [6.07, 6.45) is 31.0. The van der Waals surface area contributed by atoms with Crippen molar-refractivity contribution in [1.82, 2.24) is 0 Å². The molecule has 158 valence electrons. The first-order valence-electron chi connectivity index (χ1n) is 12.4. The van der Waals surface area contributed by atoms with Crippen molar-refractivity contribution in [2.45, 2.75) is 149 Å². The summed E-state index contributed by atoms with van der Waals surface area (Å²) in [4.78, 5) is 0. The number of unbranched alkanes of at least 4 members (excludes halogenated alkanes) is 19. The highest BCUT2D eigenvalue weighted by atomic mass is 127. The topological polar surface area (TPSA) is 0 Å². The van der Waals surface area contributed by atoms with Crippen molar-refractivity contribution in [2.75, 3.05) is 4.43 Å². The molecule has 0 fully saturated rings. The van der Waals surface area contributed by atoms with Crippen molar-refractivity contribution in [2.24, 2.45) is 5.92 Å². The Balaban J connectivity index is 2.99. The van der Waals surface area contributed by atoms with Gasteiger partial charge in [-0.3, -0.25) is 0 Å². The predicted molar refractivity (Wildman–Crippen MR) is 131 cm³/mol. The lowest BCUT2D eigenvalue weighted by molar-refractivity contribution is 0.506. The van der Waals surface area contributed by atoms with Crippen LogP contribution in [-0.2, 0) is 0 Å². The van der Waals surface area contributed by atoms with E-state index in [-0.39, 0.29) is 0 Å². The van der Waals surface area contributed by atoms with Gasteiger partial charge in [0.1, 0.15) is 0 Å². The summed E-state index contributed by atoms with van der Waals surface area (Å²) in [5.74, 6) is 0.936. The smallest absolute Gasteiger partial charge is 0.00210 e. The summed E-state index contributed by atoms with van der Waals surface area (Å²) >= 11 is 2.52. The van der Waals surface area contributed by atoms with E-state index in [0.717, 1.165) is 5.92 Å². The third-order valence-corrected chi connectivity index (χ3v) is 7.32. The van der Waals surface area contributed by atoms with Gasteiger partial charge in [-0.2, -0.15) is 0 Å². The van der Waals surface area contributed by atoms with Gasteiger partial charge in [-0.25, -0.2) is 0 Å². The first-order chi connectivity index (χ1) is 12.8. The van der Waals surface area contributed by atoms with Crippen LogP contribution in [-0.4, -0.2) is 4.43 Å². The quantitative estimate of drug-likeness (QED) is 0.0825. The molecule has 0 saturated carbocycles. The Kier molecular flexibility index (Phi) is 24.4. The molecule has 1 heteroatoms. The molecule has 0 N–H and O–H groups in total. The molecule has 0 saturated heterocycles. The van der Waals surface area contributed by atoms with Crippen molar-refractivity contribution in [3.05, 3.63) is 0 Å². The Morgan fingerprint density at radius 3 is 1.00 bits per heavy atom. The second-order valence-corrected chi connectivity index (χ2v) is 9.65. The molecule has 0 aromatic carbocycles. The molecule has 0 rings (SSSR count). The summed E-state index contributed by atoms with van der Waals surface area (Å²) in [5.41, 5.74) is 0. The minimum Gasteiger partial charge on any atom is -0.0861 e. The highest BCUT2D eigenvalue weighted by Crippen LogP contribution is 2.16. The molecule has 0 aromatic rings. The minimum absolute atomic E-state index is 0.936. The number of halogens is 1. The first kappa shape index (κ1) is 26.7. The number of hydrogen-bond acceptors (Lipinski definition) is 0. The minimum atomic E-state index is 0.936. The van der Waals surface area contributed by atoms with Gasteiger partial charge in [-0.15, -0.1) is 0 Å². The van der Waals surface area contributed by atoms with Crippen molar-refractivity contribution in [3.63, 3.8) is 0 Å². The van der Waals surface area contributed by atoms with E-state index < -0.39 is 0 Å². The van der Waals surface area contributed by atoms with Crippen LogP contribution in [0.25, 0.3) is 0 Å². The van der Waals surface area contributed by atoms with Crippen LogP contribution < -0.4 is 0 Å². The van der Waals surface area contributed by atoms with E-state index >= 15 is 0 Å². The highest BCUT2D eigenvalue weighted by molar-refractivity contribution is 14.1. The van der Waals surface area contributed by atoms with Crippen molar-refractivity contribution >= 4 is 22.6 Å². The third-order valence-electron chi connectivity index (χ3n) is 5.81. The van der Waals surface area contributed by atoms with E-state index in [1.807, 2.05) is 0 Å². The van der Waals surface area contributed by atoms with Crippen LogP contribution in [0.2, 0.25) is 0 Å². The zero-order valence-corrected chi connectivity index (χ0v) is 20.7. The van der Waals surface area contributed by atoms with Crippen LogP contribution in [0.1, 0.15) is 149 Å². The maximum Gasteiger partial charge on any atom is 0.00210 e. The summed E-state index contributed by atoms with van der Waals surface area (Å²) in [5, 5.41) is 0. The Bertz CT molecular complexity index is 238. The molecule has 0 aliphatic heterocycles. The normalized spacial score (nSPS) is 12.6. The largest absolute Gasteiger partial charge is 0.0861 e. The van der Waals surface area contributed by atoms with E-state index in [2.05, 4.69) is 36.4 Å². The molecule has 0 aliphatic rings. The van der Waals surface area contributed by atoms with Crippen molar-refractivity contribution in [1.29, 1.82) is 0 Å². The van der Waals surface area contributed by atoms with Crippen LogP contribution in [0.5, 0.6) is 0 Å². The average molecular weight is 479 g/mol. The number of rotatable bonds is 22. The zero-order valence-electron chi connectivity index (χ0n) is 18.5. The maximum atomic E-state index is 2.52. The van der Waals surface area contributed by atoms with E-state index in [0.29, 0.717) is 0 Å². The van der Waals surface area contributed by atoms with Crippen LogP contribution in [0.15, 0.2) is 0 Å². The Morgan fingerprint density at radius 2 is 0.731 bits per heavy atom.